The summed E-state index contributed by atoms with van der Waals surface area (Å²) in [4.78, 5) is 22.8. The van der Waals surface area contributed by atoms with Crippen molar-refractivity contribution < 1.29 is 23.7 Å². The summed E-state index contributed by atoms with van der Waals surface area (Å²) in [5, 5.41) is 1.07. The monoisotopic (exact) mass is 285 g/mol. The molecule has 1 atom stereocenters. The van der Waals surface area contributed by atoms with E-state index in [2.05, 4.69) is 4.52 Å². The van der Waals surface area contributed by atoms with Crippen LogP contribution in [0.2, 0.25) is 0 Å². The maximum absolute atomic E-state index is 10.6. The highest BCUT2D eigenvalue weighted by Crippen LogP contribution is 2.36. The van der Waals surface area contributed by atoms with Crippen LogP contribution >= 0.6 is 7.82 Å². The van der Waals surface area contributed by atoms with Gasteiger partial charge in [0, 0.05) is 17.5 Å². The van der Waals surface area contributed by atoms with Gasteiger partial charge < -0.3 is 14.6 Å². The Morgan fingerprint density at radius 3 is 2.74 bits per heavy atom. The van der Waals surface area contributed by atoms with E-state index in [9.17, 15) is 4.57 Å². The molecule has 0 saturated carbocycles. The molecule has 0 aliphatic heterocycles. The normalized spacial score (nSPS) is 13.6. The fraction of sp³-hybridized carbons (Fsp3) is 0.333. The summed E-state index contributed by atoms with van der Waals surface area (Å²) >= 11 is 0. The number of para-hydroxylation sites is 1. The fourth-order valence-corrected chi connectivity index (χ4v) is 2.10. The number of fused-ring (bicyclic) bond motifs is 1. The molecule has 1 unspecified atom stereocenters. The Morgan fingerprint density at radius 2 is 2.00 bits per heavy atom. The van der Waals surface area contributed by atoms with Crippen molar-refractivity contribution in [1.82, 2.24) is 4.73 Å². The fourth-order valence-electron chi connectivity index (χ4n) is 1.65. The molecule has 104 valence electrons. The lowest BCUT2D eigenvalue weighted by Crippen LogP contribution is -2.20. The predicted octanol–water partition coefficient (Wildman–Crippen LogP) is 1.82. The van der Waals surface area contributed by atoms with E-state index in [0.29, 0.717) is 6.61 Å². The van der Waals surface area contributed by atoms with Gasteiger partial charge in [-0.3, -0.25) is 4.52 Å². The number of nitrogens with zero attached hydrogens (tertiary/aromatic N) is 1. The third-order valence-electron chi connectivity index (χ3n) is 2.59. The van der Waals surface area contributed by atoms with Crippen molar-refractivity contribution >= 4 is 18.7 Å². The highest BCUT2D eigenvalue weighted by Gasteiger charge is 2.16. The highest BCUT2D eigenvalue weighted by atomic mass is 31.2. The maximum atomic E-state index is 10.6. The number of benzene rings is 1. The summed E-state index contributed by atoms with van der Waals surface area (Å²) in [5.74, 6) is -0.131. The number of phosphoric acid groups is 1. The Kier molecular flexibility index (Phi) is 4.27. The number of aromatic nitrogens is 1. The van der Waals surface area contributed by atoms with Gasteiger partial charge >= 0.3 is 7.82 Å². The van der Waals surface area contributed by atoms with Gasteiger partial charge in [0.05, 0.1) is 12.1 Å². The van der Waals surface area contributed by atoms with E-state index in [1.807, 2.05) is 30.3 Å². The first-order valence-electron chi connectivity index (χ1n) is 5.85. The quantitative estimate of drug-likeness (QED) is 0.791. The third kappa shape index (κ3) is 4.08. The minimum absolute atomic E-state index is 0.0521. The topological polar surface area (TPSA) is 80.9 Å². The number of rotatable bonds is 6. The van der Waals surface area contributed by atoms with Crippen LogP contribution in [0.3, 0.4) is 0 Å². The van der Waals surface area contributed by atoms with Crippen LogP contribution in [0.1, 0.15) is 6.92 Å². The average molecular weight is 285 g/mol. The minimum atomic E-state index is -4.40. The van der Waals surface area contributed by atoms with Crippen molar-refractivity contribution in [2.24, 2.45) is 5.92 Å². The van der Waals surface area contributed by atoms with E-state index in [1.54, 1.807) is 17.9 Å². The molecule has 2 aromatic rings. The van der Waals surface area contributed by atoms with Crippen LogP contribution in [0.15, 0.2) is 36.5 Å². The van der Waals surface area contributed by atoms with Crippen LogP contribution < -0.4 is 4.84 Å². The van der Waals surface area contributed by atoms with Crippen LogP contribution in [-0.4, -0.2) is 27.7 Å². The first kappa shape index (κ1) is 14.1. The molecule has 2 rings (SSSR count). The number of hydrogen-bond donors (Lipinski definition) is 2. The van der Waals surface area contributed by atoms with Crippen molar-refractivity contribution in [3.63, 3.8) is 0 Å². The Hall–Kier alpha value is -1.33. The highest BCUT2D eigenvalue weighted by molar-refractivity contribution is 7.46. The molecule has 7 heteroatoms. The van der Waals surface area contributed by atoms with Crippen molar-refractivity contribution in [3.05, 3.63) is 36.5 Å². The molecule has 1 aromatic heterocycles. The van der Waals surface area contributed by atoms with Crippen LogP contribution in [0, 0.1) is 5.92 Å². The molecule has 1 aromatic carbocycles. The van der Waals surface area contributed by atoms with Crippen LogP contribution in [-0.2, 0) is 9.09 Å². The molecule has 2 N–H and O–H groups in total. The second kappa shape index (κ2) is 5.75. The molecular formula is C12H16NO5P. The van der Waals surface area contributed by atoms with Gasteiger partial charge in [-0.15, -0.1) is 0 Å². The zero-order chi connectivity index (χ0) is 13.9. The van der Waals surface area contributed by atoms with Gasteiger partial charge in [-0.25, -0.2) is 4.57 Å². The zero-order valence-electron chi connectivity index (χ0n) is 10.5. The molecular weight excluding hydrogens is 269 g/mol. The lowest BCUT2D eigenvalue weighted by Gasteiger charge is -2.14. The first-order valence-corrected chi connectivity index (χ1v) is 7.38. The Balaban J connectivity index is 1.90. The Morgan fingerprint density at radius 1 is 1.26 bits per heavy atom. The van der Waals surface area contributed by atoms with E-state index in [4.69, 9.17) is 14.6 Å². The van der Waals surface area contributed by atoms with Gasteiger partial charge in [-0.2, -0.15) is 4.73 Å². The van der Waals surface area contributed by atoms with Crippen molar-refractivity contribution in [3.8, 4) is 0 Å². The van der Waals surface area contributed by atoms with E-state index in [1.165, 1.54) is 0 Å². The number of phosphoric ester groups is 1. The van der Waals surface area contributed by atoms with Crippen molar-refractivity contribution in [1.29, 1.82) is 0 Å². The van der Waals surface area contributed by atoms with Gasteiger partial charge in [0.25, 0.3) is 0 Å². The minimum Gasteiger partial charge on any atom is -0.413 e. The molecule has 19 heavy (non-hydrogen) atoms. The van der Waals surface area contributed by atoms with Crippen LogP contribution in [0.4, 0.5) is 0 Å². The van der Waals surface area contributed by atoms with Crippen molar-refractivity contribution in [2.75, 3.05) is 13.2 Å². The summed E-state index contributed by atoms with van der Waals surface area (Å²) in [6.45, 7) is 2.05. The van der Waals surface area contributed by atoms with Crippen molar-refractivity contribution in [2.45, 2.75) is 6.92 Å². The molecule has 0 aliphatic rings. The predicted molar refractivity (Wildman–Crippen MR) is 70.5 cm³/mol. The second-order valence-corrected chi connectivity index (χ2v) is 5.63. The first-order chi connectivity index (χ1) is 8.96. The SMILES string of the molecule is CC(COn1ccc2ccccc21)COP(=O)(O)O. The molecule has 1 heterocycles. The van der Waals surface area contributed by atoms with Gasteiger partial charge in [-0.05, 0) is 12.1 Å². The summed E-state index contributed by atoms with van der Waals surface area (Å²) in [5.41, 5.74) is 0.950. The van der Waals surface area contributed by atoms with Gasteiger partial charge in [0.1, 0.15) is 6.61 Å². The van der Waals surface area contributed by atoms with E-state index in [-0.39, 0.29) is 12.5 Å². The molecule has 0 radical (unpaired) electrons. The van der Waals surface area contributed by atoms with Gasteiger partial charge in [0.15, 0.2) is 0 Å². The summed E-state index contributed by atoms with van der Waals surface area (Å²) in [6, 6.07) is 9.72. The summed E-state index contributed by atoms with van der Waals surface area (Å²) in [6.07, 6.45) is 1.81. The lowest BCUT2D eigenvalue weighted by molar-refractivity contribution is 0.0689. The van der Waals surface area contributed by atoms with E-state index >= 15 is 0 Å². The third-order valence-corrected chi connectivity index (χ3v) is 3.07. The molecule has 0 aliphatic carbocycles. The maximum Gasteiger partial charge on any atom is 0.469 e. The average Bonchev–Trinajstić information content (AvgIpc) is 2.76. The van der Waals surface area contributed by atoms with E-state index in [0.717, 1.165) is 10.9 Å². The largest absolute Gasteiger partial charge is 0.469 e. The molecule has 0 bridgehead atoms. The molecule has 6 nitrogen and oxygen atoms in total. The second-order valence-electron chi connectivity index (χ2n) is 4.39. The lowest BCUT2D eigenvalue weighted by atomic mass is 10.2. The van der Waals surface area contributed by atoms with Gasteiger partial charge in [0.2, 0.25) is 0 Å². The Bertz CT molecular complexity index is 591. The summed E-state index contributed by atoms with van der Waals surface area (Å²) in [7, 11) is -4.40. The zero-order valence-corrected chi connectivity index (χ0v) is 11.4. The molecule has 0 saturated heterocycles. The van der Waals surface area contributed by atoms with E-state index < -0.39 is 7.82 Å². The Labute approximate surface area is 110 Å². The smallest absolute Gasteiger partial charge is 0.413 e. The molecule has 0 spiro atoms. The molecule has 0 amide bonds. The van der Waals surface area contributed by atoms with Crippen LogP contribution in [0.25, 0.3) is 10.9 Å². The number of hydrogen-bond acceptors (Lipinski definition) is 3. The van der Waals surface area contributed by atoms with Gasteiger partial charge in [-0.1, -0.05) is 25.1 Å². The molecule has 0 fully saturated rings. The van der Waals surface area contributed by atoms with Crippen LogP contribution in [0.5, 0.6) is 0 Å². The standard InChI is InChI=1S/C12H16NO5P/c1-10(9-18-19(14,15)16)8-17-13-7-6-11-4-2-3-5-12(11)13/h2-7,10H,8-9H2,1H3,(H2,14,15,16). The summed E-state index contributed by atoms with van der Waals surface area (Å²) < 4.78 is 16.6.